The number of hydrogen-bond acceptors (Lipinski definition) is 3. The molecule has 2 rings (SSSR count). The fraction of sp³-hybridized carbons (Fsp3) is 0.333. The fourth-order valence-electron chi connectivity index (χ4n) is 1.85. The van der Waals surface area contributed by atoms with Crippen molar-refractivity contribution in [1.29, 1.82) is 0 Å². The highest BCUT2D eigenvalue weighted by Gasteiger charge is 2.02. The molecular formula is C15H18ClNOS. The van der Waals surface area contributed by atoms with Crippen molar-refractivity contribution in [2.24, 2.45) is 0 Å². The fourth-order valence-corrected chi connectivity index (χ4v) is 2.91. The number of halogens is 1. The molecule has 0 saturated carbocycles. The van der Waals surface area contributed by atoms with Gasteiger partial charge in [-0.1, -0.05) is 35.9 Å². The molecule has 2 aromatic rings. The van der Waals surface area contributed by atoms with E-state index in [2.05, 4.69) is 35.6 Å². The highest BCUT2D eigenvalue weighted by Crippen LogP contribution is 2.21. The Kier molecular flexibility index (Phi) is 5.86. The number of thiophene rings is 1. The van der Waals surface area contributed by atoms with E-state index >= 15 is 0 Å². The van der Waals surface area contributed by atoms with Gasteiger partial charge in [0.2, 0.25) is 0 Å². The van der Waals surface area contributed by atoms with Gasteiger partial charge in [0, 0.05) is 24.6 Å². The molecule has 0 atom stereocenters. The Hall–Kier alpha value is -0.870. The molecule has 19 heavy (non-hydrogen) atoms. The van der Waals surface area contributed by atoms with Crippen LogP contribution in [0, 0.1) is 0 Å². The molecule has 0 amide bonds. The van der Waals surface area contributed by atoms with Gasteiger partial charge in [-0.25, -0.2) is 0 Å². The monoisotopic (exact) mass is 295 g/mol. The molecule has 1 aromatic carbocycles. The quantitative estimate of drug-likeness (QED) is 0.825. The van der Waals surface area contributed by atoms with Crippen molar-refractivity contribution in [2.45, 2.75) is 26.6 Å². The molecule has 2 nitrogen and oxygen atoms in total. The largest absolute Gasteiger partial charge is 0.377 e. The topological polar surface area (TPSA) is 21.3 Å². The van der Waals surface area contributed by atoms with Crippen molar-refractivity contribution in [2.75, 3.05) is 6.61 Å². The van der Waals surface area contributed by atoms with Crippen molar-refractivity contribution in [3.05, 3.63) is 56.7 Å². The molecule has 0 aliphatic rings. The highest BCUT2D eigenvalue weighted by molar-refractivity contribution is 7.16. The maximum absolute atomic E-state index is 5.91. The molecule has 0 unspecified atom stereocenters. The minimum absolute atomic E-state index is 0.680. The maximum atomic E-state index is 5.91. The molecule has 0 radical (unpaired) electrons. The Labute approximate surface area is 123 Å². The van der Waals surface area contributed by atoms with Gasteiger partial charge in [0.25, 0.3) is 0 Å². The van der Waals surface area contributed by atoms with E-state index in [-0.39, 0.29) is 0 Å². The van der Waals surface area contributed by atoms with Crippen LogP contribution in [0.1, 0.15) is 22.9 Å². The predicted octanol–water partition coefficient (Wildman–Crippen LogP) is 4.23. The molecule has 0 saturated heterocycles. The van der Waals surface area contributed by atoms with E-state index in [9.17, 15) is 0 Å². The lowest BCUT2D eigenvalue weighted by atomic mass is 10.1. The molecule has 0 fully saturated rings. The van der Waals surface area contributed by atoms with Crippen LogP contribution in [-0.4, -0.2) is 6.61 Å². The molecule has 0 aliphatic carbocycles. The lowest BCUT2D eigenvalue weighted by molar-refractivity contribution is 0.133. The molecular weight excluding hydrogens is 278 g/mol. The van der Waals surface area contributed by atoms with Gasteiger partial charge in [-0.2, -0.15) is 0 Å². The zero-order chi connectivity index (χ0) is 13.5. The Bertz CT molecular complexity index is 512. The van der Waals surface area contributed by atoms with Gasteiger partial charge in [-0.15, -0.1) is 11.3 Å². The first-order valence-corrected chi connectivity index (χ1v) is 7.58. The SMILES string of the molecule is CCOCc1ccccc1CNCc1ccc(Cl)s1. The van der Waals surface area contributed by atoms with E-state index in [4.69, 9.17) is 16.3 Å². The lowest BCUT2D eigenvalue weighted by Crippen LogP contribution is -2.13. The Balaban J connectivity index is 1.88. The van der Waals surface area contributed by atoms with Gasteiger partial charge in [0.1, 0.15) is 0 Å². The van der Waals surface area contributed by atoms with Gasteiger partial charge in [0.05, 0.1) is 10.9 Å². The first kappa shape index (κ1) is 14.5. The Morgan fingerprint density at radius 2 is 1.89 bits per heavy atom. The van der Waals surface area contributed by atoms with Crippen LogP contribution in [0.15, 0.2) is 36.4 Å². The molecule has 0 spiro atoms. The van der Waals surface area contributed by atoms with E-state index in [1.54, 1.807) is 11.3 Å². The van der Waals surface area contributed by atoms with Crippen LogP contribution in [-0.2, 0) is 24.4 Å². The first-order valence-electron chi connectivity index (χ1n) is 6.39. The number of rotatable bonds is 7. The Morgan fingerprint density at radius 3 is 2.58 bits per heavy atom. The summed E-state index contributed by atoms with van der Waals surface area (Å²) in [5.41, 5.74) is 2.54. The molecule has 0 bridgehead atoms. The number of ether oxygens (including phenoxy) is 1. The van der Waals surface area contributed by atoms with Gasteiger partial charge >= 0.3 is 0 Å². The van der Waals surface area contributed by atoms with Crippen LogP contribution >= 0.6 is 22.9 Å². The van der Waals surface area contributed by atoms with Gasteiger partial charge in [-0.05, 0) is 30.2 Å². The lowest BCUT2D eigenvalue weighted by Gasteiger charge is -2.10. The van der Waals surface area contributed by atoms with Crippen LogP contribution in [0.25, 0.3) is 0 Å². The summed E-state index contributed by atoms with van der Waals surface area (Å²) in [6.07, 6.45) is 0. The van der Waals surface area contributed by atoms with E-state index < -0.39 is 0 Å². The molecule has 102 valence electrons. The normalized spacial score (nSPS) is 10.8. The standard InChI is InChI=1S/C15H18ClNOS/c1-2-18-11-13-6-4-3-5-12(13)9-17-10-14-7-8-15(16)19-14/h3-8,17H,2,9-11H2,1H3. The summed E-state index contributed by atoms with van der Waals surface area (Å²) in [6, 6.07) is 12.4. The molecule has 0 aliphatic heterocycles. The third kappa shape index (κ3) is 4.62. The second-order valence-corrected chi connectivity index (χ2v) is 6.01. The van der Waals surface area contributed by atoms with Gasteiger partial charge < -0.3 is 10.1 Å². The van der Waals surface area contributed by atoms with Crippen molar-refractivity contribution >= 4 is 22.9 Å². The summed E-state index contributed by atoms with van der Waals surface area (Å²) < 4.78 is 6.33. The third-order valence-corrected chi connectivity index (χ3v) is 4.05. The molecule has 1 N–H and O–H groups in total. The third-order valence-electron chi connectivity index (χ3n) is 2.82. The average molecular weight is 296 g/mol. The summed E-state index contributed by atoms with van der Waals surface area (Å²) in [5.74, 6) is 0. The van der Waals surface area contributed by atoms with E-state index in [1.807, 2.05) is 13.0 Å². The number of benzene rings is 1. The van der Waals surface area contributed by atoms with Crippen molar-refractivity contribution in [3.63, 3.8) is 0 Å². The average Bonchev–Trinajstić information content (AvgIpc) is 2.83. The Morgan fingerprint density at radius 1 is 1.11 bits per heavy atom. The van der Waals surface area contributed by atoms with Crippen molar-refractivity contribution in [1.82, 2.24) is 5.32 Å². The minimum atomic E-state index is 0.680. The van der Waals surface area contributed by atoms with Crippen LogP contribution in [0.4, 0.5) is 0 Å². The molecule has 4 heteroatoms. The second kappa shape index (κ2) is 7.65. The highest BCUT2D eigenvalue weighted by atomic mass is 35.5. The maximum Gasteiger partial charge on any atom is 0.0931 e. The first-order chi connectivity index (χ1) is 9.29. The zero-order valence-corrected chi connectivity index (χ0v) is 12.6. The van der Waals surface area contributed by atoms with E-state index in [0.29, 0.717) is 6.61 Å². The minimum Gasteiger partial charge on any atom is -0.377 e. The van der Waals surface area contributed by atoms with Crippen LogP contribution in [0.3, 0.4) is 0 Å². The molecule has 1 heterocycles. The predicted molar refractivity (Wildman–Crippen MR) is 81.6 cm³/mol. The van der Waals surface area contributed by atoms with Crippen LogP contribution < -0.4 is 5.32 Å². The van der Waals surface area contributed by atoms with E-state index in [1.165, 1.54) is 16.0 Å². The summed E-state index contributed by atoms with van der Waals surface area (Å²) in [7, 11) is 0. The second-order valence-electron chi connectivity index (χ2n) is 4.22. The zero-order valence-electron chi connectivity index (χ0n) is 11.0. The number of hydrogen-bond donors (Lipinski definition) is 1. The van der Waals surface area contributed by atoms with E-state index in [0.717, 1.165) is 24.0 Å². The van der Waals surface area contributed by atoms with Gasteiger partial charge in [0.15, 0.2) is 0 Å². The smallest absolute Gasteiger partial charge is 0.0931 e. The summed E-state index contributed by atoms with van der Waals surface area (Å²) in [4.78, 5) is 1.26. The van der Waals surface area contributed by atoms with Crippen molar-refractivity contribution < 1.29 is 4.74 Å². The van der Waals surface area contributed by atoms with Gasteiger partial charge in [-0.3, -0.25) is 0 Å². The van der Waals surface area contributed by atoms with Crippen LogP contribution in [0.2, 0.25) is 4.34 Å². The van der Waals surface area contributed by atoms with Crippen molar-refractivity contribution in [3.8, 4) is 0 Å². The summed E-state index contributed by atoms with van der Waals surface area (Å²) in [5, 5.41) is 3.44. The summed E-state index contributed by atoms with van der Waals surface area (Å²) in [6.45, 7) is 5.13. The number of nitrogens with one attached hydrogen (secondary N) is 1. The summed E-state index contributed by atoms with van der Waals surface area (Å²) >= 11 is 7.53. The molecule has 1 aromatic heterocycles. The van der Waals surface area contributed by atoms with Crippen LogP contribution in [0.5, 0.6) is 0 Å².